The van der Waals surface area contributed by atoms with Gasteiger partial charge in [0.2, 0.25) is 15.9 Å². The predicted molar refractivity (Wildman–Crippen MR) is 116 cm³/mol. The maximum Gasteiger partial charge on any atom is 0.227 e. The molecule has 0 aromatic heterocycles. The minimum absolute atomic E-state index is 0.0954. The topological polar surface area (TPSA) is 66.5 Å². The highest BCUT2D eigenvalue weighted by molar-refractivity contribution is 9.10. The molecule has 1 aliphatic rings. The van der Waals surface area contributed by atoms with Crippen LogP contribution >= 0.6 is 39.1 Å². The third-order valence-corrected chi connectivity index (χ3v) is 7.96. The van der Waals surface area contributed by atoms with Gasteiger partial charge >= 0.3 is 0 Å². The molecule has 0 spiro atoms. The SMILES string of the molecule is O=C(Nc1ccc(Br)c(Cl)c1)C1CCN(S(=O)(=O)Cc2cccc(Cl)c2)CC1. The van der Waals surface area contributed by atoms with Crippen molar-refractivity contribution in [3.63, 3.8) is 0 Å². The lowest BCUT2D eigenvalue weighted by atomic mass is 9.97. The fourth-order valence-corrected chi connectivity index (χ4v) is 5.33. The number of anilines is 1. The van der Waals surface area contributed by atoms with Crippen molar-refractivity contribution in [2.75, 3.05) is 18.4 Å². The van der Waals surface area contributed by atoms with Gasteiger partial charge in [-0.3, -0.25) is 4.79 Å². The summed E-state index contributed by atoms with van der Waals surface area (Å²) in [6.45, 7) is 0.643. The van der Waals surface area contributed by atoms with Gasteiger partial charge in [-0.05, 0) is 64.7 Å². The Bertz CT molecular complexity index is 977. The van der Waals surface area contributed by atoms with Gasteiger partial charge in [-0.15, -0.1) is 0 Å². The number of nitrogens with one attached hydrogen (secondary N) is 1. The van der Waals surface area contributed by atoms with E-state index in [0.717, 1.165) is 4.47 Å². The third kappa shape index (κ3) is 5.48. The van der Waals surface area contributed by atoms with Crippen LogP contribution in [-0.2, 0) is 20.6 Å². The van der Waals surface area contributed by atoms with E-state index in [1.54, 1.807) is 42.5 Å². The smallest absolute Gasteiger partial charge is 0.227 e. The fraction of sp³-hybridized carbons (Fsp3) is 0.316. The van der Waals surface area contributed by atoms with E-state index in [9.17, 15) is 13.2 Å². The molecule has 0 bridgehead atoms. The molecule has 1 heterocycles. The third-order valence-electron chi connectivity index (χ3n) is 4.64. The summed E-state index contributed by atoms with van der Waals surface area (Å²) in [6, 6.07) is 12.0. The van der Waals surface area contributed by atoms with Gasteiger partial charge in [0.1, 0.15) is 0 Å². The number of rotatable bonds is 5. The first-order valence-corrected chi connectivity index (χ1v) is 11.9. The van der Waals surface area contributed by atoms with Gasteiger partial charge in [0.25, 0.3) is 0 Å². The number of amides is 1. The molecule has 1 aliphatic heterocycles. The molecule has 150 valence electrons. The monoisotopic (exact) mass is 504 g/mol. The first kappa shape index (κ1) is 21.6. The minimum atomic E-state index is -3.45. The summed E-state index contributed by atoms with van der Waals surface area (Å²) < 4.78 is 27.5. The number of carbonyl (C=O) groups excluding carboxylic acids is 1. The Morgan fingerprint density at radius 2 is 1.86 bits per heavy atom. The molecule has 0 radical (unpaired) electrons. The fourth-order valence-electron chi connectivity index (χ4n) is 3.14. The molecule has 0 saturated carbocycles. The highest BCUT2D eigenvalue weighted by atomic mass is 79.9. The van der Waals surface area contributed by atoms with Crippen LogP contribution in [0.5, 0.6) is 0 Å². The summed E-state index contributed by atoms with van der Waals surface area (Å²) in [5, 5.41) is 3.88. The molecule has 0 unspecified atom stereocenters. The van der Waals surface area contributed by atoms with Crippen LogP contribution in [0, 0.1) is 5.92 Å². The van der Waals surface area contributed by atoms with Gasteiger partial charge in [0.05, 0.1) is 10.8 Å². The standard InChI is InChI=1S/C19H19BrCl2N2O3S/c20-17-5-4-16(11-18(17)22)23-19(25)14-6-8-24(9-7-14)28(26,27)12-13-2-1-3-15(21)10-13/h1-5,10-11,14H,6-9,12H2,(H,23,25). The Balaban J connectivity index is 1.57. The molecule has 2 aromatic rings. The zero-order valence-electron chi connectivity index (χ0n) is 14.9. The molecular formula is C19H19BrCl2N2O3S. The quantitative estimate of drug-likeness (QED) is 0.626. The van der Waals surface area contributed by atoms with Crippen LogP contribution in [0.25, 0.3) is 0 Å². The minimum Gasteiger partial charge on any atom is -0.326 e. The van der Waals surface area contributed by atoms with Gasteiger partial charge in [-0.25, -0.2) is 12.7 Å². The highest BCUT2D eigenvalue weighted by Crippen LogP contribution is 2.27. The van der Waals surface area contributed by atoms with Crippen LogP contribution in [-0.4, -0.2) is 31.7 Å². The molecule has 3 rings (SSSR count). The molecule has 28 heavy (non-hydrogen) atoms. The van der Waals surface area contributed by atoms with Crippen molar-refractivity contribution in [2.45, 2.75) is 18.6 Å². The van der Waals surface area contributed by atoms with Crippen LogP contribution in [0.1, 0.15) is 18.4 Å². The summed E-state index contributed by atoms with van der Waals surface area (Å²) in [5.74, 6) is -0.452. The van der Waals surface area contributed by atoms with Crippen molar-refractivity contribution in [3.8, 4) is 0 Å². The van der Waals surface area contributed by atoms with Gasteiger partial charge in [0.15, 0.2) is 0 Å². The molecule has 1 N–H and O–H groups in total. The van der Waals surface area contributed by atoms with Gasteiger partial charge < -0.3 is 5.32 Å². The van der Waals surface area contributed by atoms with Gasteiger partial charge in [0, 0.05) is 34.2 Å². The Labute approximate surface area is 183 Å². The van der Waals surface area contributed by atoms with E-state index >= 15 is 0 Å². The second-order valence-corrected chi connectivity index (χ2v) is 10.3. The molecule has 1 saturated heterocycles. The second kappa shape index (κ2) is 9.13. The Hall–Kier alpha value is -1.12. The number of piperidine rings is 1. The van der Waals surface area contributed by atoms with E-state index in [1.165, 1.54) is 4.31 Å². The van der Waals surface area contributed by atoms with Crippen molar-refractivity contribution in [1.29, 1.82) is 0 Å². The van der Waals surface area contributed by atoms with Crippen LogP contribution in [0.3, 0.4) is 0 Å². The summed E-state index contributed by atoms with van der Waals surface area (Å²) in [4.78, 5) is 12.5. The Morgan fingerprint density at radius 1 is 1.14 bits per heavy atom. The molecule has 2 aromatic carbocycles. The van der Waals surface area contributed by atoms with E-state index < -0.39 is 10.0 Å². The summed E-state index contributed by atoms with van der Waals surface area (Å²) in [6.07, 6.45) is 0.954. The van der Waals surface area contributed by atoms with Crippen LogP contribution in [0.2, 0.25) is 10.0 Å². The van der Waals surface area contributed by atoms with Crippen molar-refractivity contribution >= 4 is 60.7 Å². The molecule has 9 heteroatoms. The number of halogens is 3. The number of hydrogen-bond donors (Lipinski definition) is 1. The van der Waals surface area contributed by atoms with Crippen LogP contribution in [0.4, 0.5) is 5.69 Å². The van der Waals surface area contributed by atoms with E-state index in [4.69, 9.17) is 23.2 Å². The first-order valence-electron chi connectivity index (χ1n) is 8.73. The number of sulfonamides is 1. The average molecular weight is 506 g/mol. The zero-order chi connectivity index (χ0) is 20.3. The predicted octanol–water partition coefficient (Wildman–Crippen LogP) is 4.94. The molecule has 1 amide bonds. The number of nitrogens with zero attached hydrogens (tertiary/aromatic N) is 1. The Morgan fingerprint density at radius 3 is 2.50 bits per heavy atom. The maximum atomic E-state index is 12.7. The van der Waals surface area contributed by atoms with Crippen molar-refractivity contribution in [2.24, 2.45) is 5.92 Å². The molecule has 0 aliphatic carbocycles. The van der Waals surface area contributed by atoms with Gasteiger partial charge in [-0.1, -0.05) is 35.3 Å². The van der Waals surface area contributed by atoms with E-state index in [2.05, 4.69) is 21.2 Å². The molecule has 5 nitrogen and oxygen atoms in total. The van der Waals surface area contributed by atoms with Crippen molar-refractivity contribution in [3.05, 3.63) is 62.5 Å². The first-order chi connectivity index (χ1) is 13.2. The Kier molecular flexibility index (Phi) is 7.04. The summed E-state index contributed by atoms with van der Waals surface area (Å²) >= 11 is 15.3. The maximum absolute atomic E-state index is 12.7. The number of carbonyl (C=O) groups is 1. The van der Waals surface area contributed by atoms with Crippen LogP contribution < -0.4 is 5.32 Å². The lowest BCUT2D eigenvalue weighted by molar-refractivity contribution is -0.120. The number of hydrogen-bond acceptors (Lipinski definition) is 3. The van der Waals surface area contributed by atoms with E-state index in [-0.39, 0.29) is 17.6 Å². The van der Waals surface area contributed by atoms with Crippen molar-refractivity contribution < 1.29 is 13.2 Å². The van der Waals surface area contributed by atoms with Crippen LogP contribution in [0.15, 0.2) is 46.9 Å². The lowest BCUT2D eigenvalue weighted by Crippen LogP contribution is -2.41. The summed E-state index contributed by atoms with van der Waals surface area (Å²) in [7, 11) is -3.45. The number of benzene rings is 2. The molecular weight excluding hydrogens is 487 g/mol. The highest BCUT2D eigenvalue weighted by Gasteiger charge is 2.31. The summed E-state index contributed by atoms with van der Waals surface area (Å²) in [5.41, 5.74) is 1.27. The normalized spacial score (nSPS) is 16.1. The lowest BCUT2D eigenvalue weighted by Gasteiger charge is -2.30. The second-order valence-electron chi connectivity index (χ2n) is 6.68. The average Bonchev–Trinajstić information content (AvgIpc) is 2.64. The van der Waals surface area contributed by atoms with Gasteiger partial charge in [-0.2, -0.15) is 0 Å². The van der Waals surface area contributed by atoms with E-state index in [0.29, 0.717) is 47.2 Å². The zero-order valence-corrected chi connectivity index (χ0v) is 18.8. The largest absolute Gasteiger partial charge is 0.326 e. The van der Waals surface area contributed by atoms with E-state index in [1.807, 2.05) is 0 Å². The molecule has 0 atom stereocenters. The van der Waals surface area contributed by atoms with Crippen molar-refractivity contribution in [1.82, 2.24) is 4.31 Å². The molecule has 1 fully saturated rings.